The van der Waals surface area contributed by atoms with E-state index in [0.29, 0.717) is 26.3 Å². The summed E-state index contributed by atoms with van der Waals surface area (Å²) in [7, 11) is 0. The molecule has 12 heavy (non-hydrogen) atoms. The molecule has 0 unspecified atom stereocenters. The van der Waals surface area contributed by atoms with Gasteiger partial charge in [0.15, 0.2) is 0 Å². The van der Waals surface area contributed by atoms with Crippen molar-refractivity contribution in [3.8, 4) is 0 Å². The maximum absolute atomic E-state index is 12.7. The normalized spacial score (nSPS) is 19.4. The van der Waals surface area contributed by atoms with Crippen molar-refractivity contribution < 1.29 is 13.5 Å². The lowest BCUT2D eigenvalue weighted by atomic mass is 10.3. The van der Waals surface area contributed by atoms with Crippen molar-refractivity contribution in [2.45, 2.75) is 12.8 Å². The van der Waals surface area contributed by atoms with Crippen molar-refractivity contribution in [3.05, 3.63) is 0 Å². The van der Waals surface area contributed by atoms with Gasteiger partial charge in [0.25, 0.3) is 5.92 Å². The van der Waals surface area contributed by atoms with Gasteiger partial charge in [-0.05, 0) is 0 Å². The Labute approximate surface area is 75.5 Å². The quantitative estimate of drug-likeness (QED) is 0.585. The van der Waals surface area contributed by atoms with E-state index in [2.05, 4.69) is 12.2 Å². The fourth-order valence-corrected chi connectivity index (χ4v) is 1.23. The van der Waals surface area contributed by atoms with E-state index in [-0.39, 0.29) is 4.99 Å². The zero-order valence-electron chi connectivity index (χ0n) is 6.85. The number of halogens is 2. The van der Waals surface area contributed by atoms with Crippen LogP contribution in [0.25, 0.3) is 0 Å². The summed E-state index contributed by atoms with van der Waals surface area (Å²) in [6.45, 7) is 2.74. The molecule has 0 spiro atoms. The van der Waals surface area contributed by atoms with E-state index in [1.807, 2.05) is 0 Å². The average Bonchev–Trinajstić information content (AvgIpc) is 2.03. The smallest absolute Gasteiger partial charge is 0.294 e. The van der Waals surface area contributed by atoms with E-state index < -0.39 is 5.92 Å². The highest BCUT2D eigenvalue weighted by Gasteiger charge is 2.32. The van der Waals surface area contributed by atoms with Crippen LogP contribution in [-0.4, -0.2) is 42.1 Å². The number of rotatable bonds is 1. The summed E-state index contributed by atoms with van der Waals surface area (Å²) in [4.78, 5) is 1.23. The van der Waals surface area contributed by atoms with Crippen LogP contribution in [-0.2, 0) is 4.74 Å². The van der Waals surface area contributed by atoms with Crippen LogP contribution >= 0.6 is 12.2 Å². The van der Waals surface area contributed by atoms with Gasteiger partial charge in [-0.2, -0.15) is 8.78 Å². The first-order chi connectivity index (χ1) is 5.52. The van der Waals surface area contributed by atoms with Gasteiger partial charge in [-0.3, -0.25) is 0 Å². The molecule has 1 aliphatic rings. The number of thiocarbonyl (C=S) groups is 1. The van der Waals surface area contributed by atoms with Crippen LogP contribution in [0.1, 0.15) is 6.92 Å². The van der Waals surface area contributed by atoms with Crippen LogP contribution < -0.4 is 0 Å². The lowest BCUT2D eigenvalue weighted by Crippen LogP contribution is -2.46. The lowest BCUT2D eigenvalue weighted by Gasteiger charge is -2.31. The minimum Gasteiger partial charge on any atom is -0.378 e. The summed E-state index contributed by atoms with van der Waals surface area (Å²) in [5, 5.41) is 0. The molecule has 2 nitrogen and oxygen atoms in total. The van der Waals surface area contributed by atoms with Crippen LogP contribution in [0.2, 0.25) is 0 Å². The van der Waals surface area contributed by atoms with Crippen LogP contribution in [0.3, 0.4) is 0 Å². The van der Waals surface area contributed by atoms with Crippen molar-refractivity contribution in [3.63, 3.8) is 0 Å². The first-order valence-corrected chi connectivity index (χ1v) is 4.17. The molecule has 0 aromatic heterocycles. The van der Waals surface area contributed by atoms with E-state index in [0.717, 1.165) is 6.92 Å². The summed E-state index contributed by atoms with van der Waals surface area (Å²) in [6, 6.07) is 0. The third-order valence-corrected chi connectivity index (χ3v) is 2.29. The van der Waals surface area contributed by atoms with Gasteiger partial charge in [0.1, 0.15) is 4.99 Å². The molecule has 0 amide bonds. The second-order valence-electron chi connectivity index (χ2n) is 2.79. The highest BCUT2D eigenvalue weighted by atomic mass is 32.1. The maximum Gasteiger partial charge on any atom is 0.294 e. The fourth-order valence-electron chi connectivity index (χ4n) is 1.04. The molecular weight excluding hydrogens is 184 g/mol. The number of hydrogen-bond acceptors (Lipinski definition) is 2. The van der Waals surface area contributed by atoms with Gasteiger partial charge in [-0.15, -0.1) is 0 Å². The second kappa shape index (κ2) is 3.62. The molecule has 1 saturated heterocycles. The summed E-state index contributed by atoms with van der Waals surface area (Å²) >= 11 is 4.63. The number of hydrogen-bond donors (Lipinski definition) is 0. The molecule has 1 aliphatic heterocycles. The number of alkyl halides is 2. The molecule has 0 N–H and O–H groups in total. The van der Waals surface area contributed by atoms with Crippen LogP contribution in [0.15, 0.2) is 0 Å². The first kappa shape index (κ1) is 9.80. The predicted molar refractivity (Wildman–Crippen MR) is 45.6 cm³/mol. The van der Waals surface area contributed by atoms with Crippen molar-refractivity contribution in [2.24, 2.45) is 0 Å². The van der Waals surface area contributed by atoms with Gasteiger partial charge in [-0.1, -0.05) is 12.2 Å². The molecule has 1 fully saturated rings. The monoisotopic (exact) mass is 195 g/mol. The van der Waals surface area contributed by atoms with Crippen molar-refractivity contribution >= 4 is 17.2 Å². The molecule has 70 valence electrons. The Kier molecular flexibility index (Phi) is 2.95. The largest absolute Gasteiger partial charge is 0.378 e. The summed E-state index contributed by atoms with van der Waals surface area (Å²) in [6.07, 6.45) is 0. The topological polar surface area (TPSA) is 12.5 Å². The van der Waals surface area contributed by atoms with E-state index >= 15 is 0 Å². The molecule has 1 heterocycles. The van der Waals surface area contributed by atoms with Crippen LogP contribution in [0.4, 0.5) is 8.78 Å². The Bertz CT molecular complexity index is 175. The third-order valence-electron chi connectivity index (χ3n) is 1.67. The molecule has 0 bridgehead atoms. The van der Waals surface area contributed by atoms with E-state index in [1.54, 1.807) is 0 Å². The molecule has 5 heteroatoms. The minimum atomic E-state index is -2.88. The summed E-state index contributed by atoms with van der Waals surface area (Å²) in [5.74, 6) is -2.88. The molecule has 0 saturated carbocycles. The number of morpholine rings is 1. The highest BCUT2D eigenvalue weighted by molar-refractivity contribution is 7.80. The maximum atomic E-state index is 12.7. The third kappa shape index (κ3) is 2.35. The SMILES string of the molecule is CC(F)(F)C(=S)N1CCOCC1. The molecular formula is C7H11F2NOS. The second-order valence-corrected chi connectivity index (χ2v) is 3.18. The minimum absolute atomic E-state index is 0.272. The predicted octanol–water partition coefficient (Wildman–Crippen LogP) is 1.30. The number of ether oxygens (including phenoxy) is 1. The van der Waals surface area contributed by atoms with E-state index in [4.69, 9.17) is 4.74 Å². The molecule has 0 aromatic carbocycles. The zero-order chi connectivity index (χ0) is 9.19. The van der Waals surface area contributed by atoms with E-state index in [1.165, 1.54) is 4.90 Å². The van der Waals surface area contributed by atoms with Gasteiger partial charge in [-0.25, -0.2) is 0 Å². The number of nitrogens with zero attached hydrogens (tertiary/aromatic N) is 1. The Morgan fingerprint density at radius 2 is 1.92 bits per heavy atom. The molecule has 0 aromatic rings. The van der Waals surface area contributed by atoms with E-state index in [9.17, 15) is 8.78 Å². The Balaban J connectivity index is 2.51. The van der Waals surface area contributed by atoms with Gasteiger partial charge in [0, 0.05) is 20.0 Å². The van der Waals surface area contributed by atoms with Crippen LogP contribution in [0.5, 0.6) is 0 Å². The first-order valence-electron chi connectivity index (χ1n) is 3.77. The Hall–Kier alpha value is -0.290. The Morgan fingerprint density at radius 1 is 1.42 bits per heavy atom. The average molecular weight is 195 g/mol. The van der Waals surface area contributed by atoms with Crippen LogP contribution in [0, 0.1) is 0 Å². The Morgan fingerprint density at radius 3 is 2.33 bits per heavy atom. The fraction of sp³-hybridized carbons (Fsp3) is 0.857. The van der Waals surface area contributed by atoms with Crippen molar-refractivity contribution in [1.29, 1.82) is 0 Å². The molecule has 1 rings (SSSR count). The van der Waals surface area contributed by atoms with Crippen molar-refractivity contribution in [1.82, 2.24) is 4.90 Å². The summed E-state index contributed by atoms with van der Waals surface area (Å²) in [5.41, 5.74) is 0. The molecule has 0 atom stereocenters. The van der Waals surface area contributed by atoms with Gasteiger partial charge >= 0.3 is 0 Å². The van der Waals surface area contributed by atoms with Gasteiger partial charge in [0.05, 0.1) is 13.2 Å². The summed E-state index contributed by atoms with van der Waals surface area (Å²) < 4.78 is 30.4. The zero-order valence-corrected chi connectivity index (χ0v) is 7.66. The van der Waals surface area contributed by atoms with Crippen molar-refractivity contribution in [2.75, 3.05) is 26.3 Å². The van der Waals surface area contributed by atoms with Gasteiger partial charge in [0.2, 0.25) is 0 Å². The van der Waals surface area contributed by atoms with Gasteiger partial charge < -0.3 is 9.64 Å². The molecule has 0 aliphatic carbocycles. The highest BCUT2D eigenvalue weighted by Crippen LogP contribution is 2.18. The lowest BCUT2D eigenvalue weighted by molar-refractivity contribution is 0.0441. The molecule has 0 radical (unpaired) electrons. The standard InChI is InChI=1S/C7H11F2NOS/c1-7(8,9)6(12)10-2-4-11-5-3-10/h2-5H2,1H3.